The molecule has 0 bridgehead atoms. The predicted molar refractivity (Wildman–Crippen MR) is 56.0 cm³/mol. The molecule has 2 aromatic rings. The Hall–Kier alpha value is -1.13. The van der Waals surface area contributed by atoms with Gasteiger partial charge in [0.05, 0.1) is 18.4 Å². The summed E-state index contributed by atoms with van der Waals surface area (Å²) in [5, 5.41) is 0.898. The number of rotatable bonds is 3. The maximum absolute atomic E-state index is 10.6. The molecule has 0 N–H and O–H groups in total. The number of nitrogens with zero attached hydrogens (tertiary/aromatic N) is 2. The lowest BCUT2D eigenvalue weighted by Gasteiger charge is -2.00. The molecule has 0 saturated heterocycles. The summed E-state index contributed by atoms with van der Waals surface area (Å²) in [6.07, 6.45) is 4.29. The smallest absolute Gasteiger partial charge is 0.166 e. The van der Waals surface area contributed by atoms with Crippen LogP contribution in [0.25, 0.3) is 0 Å². The monoisotopic (exact) mass is 226 g/mol. The molecule has 14 heavy (non-hydrogen) atoms. The molecular formula is C9H7ClN2OS. The minimum Gasteiger partial charge on any atom is -0.338 e. The second kappa shape index (κ2) is 3.94. The van der Waals surface area contributed by atoms with Crippen LogP contribution < -0.4 is 0 Å². The normalized spacial score (nSPS) is 10.4. The molecule has 0 fully saturated rings. The highest BCUT2D eigenvalue weighted by Gasteiger charge is 2.03. The number of carbonyl (C=O) groups excluding carboxylic acids is 1. The number of hydrogen-bond donors (Lipinski definition) is 0. The molecule has 3 nitrogen and oxygen atoms in total. The number of hydrogen-bond acceptors (Lipinski definition) is 3. The van der Waals surface area contributed by atoms with Gasteiger partial charge in [0.1, 0.15) is 9.34 Å². The fourth-order valence-corrected chi connectivity index (χ4v) is 2.14. The zero-order valence-electron chi connectivity index (χ0n) is 7.18. The van der Waals surface area contributed by atoms with E-state index in [1.54, 1.807) is 12.3 Å². The Balaban J connectivity index is 2.22. The van der Waals surface area contributed by atoms with Gasteiger partial charge in [-0.15, -0.1) is 11.3 Å². The number of aromatic nitrogens is 2. The Kier molecular flexibility index (Phi) is 2.65. The Morgan fingerprint density at radius 2 is 2.50 bits per heavy atom. The Labute approximate surface area is 90.0 Å². The maximum Gasteiger partial charge on any atom is 0.166 e. The molecule has 2 rings (SSSR count). The van der Waals surface area contributed by atoms with Crippen molar-refractivity contribution in [2.75, 3.05) is 0 Å². The van der Waals surface area contributed by atoms with Crippen molar-refractivity contribution in [1.82, 2.24) is 9.55 Å². The van der Waals surface area contributed by atoms with Crippen molar-refractivity contribution in [3.63, 3.8) is 0 Å². The van der Waals surface area contributed by atoms with Crippen molar-refractivity contribution >= 4 is 29.2 Å². The Bertz CT molecular complexity index is 449. The van der Waals surface area contributed by atoms with Crippen LogP contribution in [0.15, 0.2) is 24.5 Å². The number of thiazole rings is 1. The lowest BCUT2D eigenvalue weighted by atomic mass is 10.5. The fraction of sp³-hybridized carbons (Fsp3) is 0.111. The van der Waals surface area contributed by atoms with Crippen molar-refractivity contribution < 1.29 is 4.79 Å². The van der Waals surface area contributed by atoms with E-state index in [1.165, 1.54) is 11.3 Å². The highest BCUT2D eigenvalue weighted by atomic mass is 35.5. The zero-order valence-corrected chi connectivity index (χ0v) is 8.76. The van der Waals surface area contributed by atoms with Crippen LogP contribution >= 0.6 is 22.9 Å². The molecule has 72 valence electrons. The van der Waals surface area contributed by atoms with Crippen LogP contribution in [0.5, 0.6) is 0 Å². The minimum absolute atomic E-state index is 0.596. The van der Waals surface area contributed by atoms with Crippen LogP contribution in [0.2, 0.25) is 4.34 Å². The van der Waals surface area contributed by atoms with Crippen molar-refractivity contribution in [1.29, 1.82) is 0 Å². The highest BCUT2D eigenvalue weighted by molar-refractivity contribution is 7.15. The van der Waals surface area contributed by atoms with E-state index >= 15 is 0 Å². The summed E-state index contributed by atoms with van der Waals surface area (Å²) in [7, 11) is 0. The first kappa shape index (κ1) is 9.43. The molecule has 2 aromatic heterocycles. The SMILES string of the molecule is O=Cc1cccn1Cc1ncc(Cl)s1. The number of carbonyl (C=O) groups is 1. The average Bonchev–Trinajstić information content (AvgIpc) is 2.76. The van der Waals surface area contributed by atoms with Gasteiger partial charge in [-0.25, -0.2) is 4.98 Å². The van der Waals surface area contributed by atoms with E-state index in [0.29, 0.717) is 16.6 Å². The van der Waals surface area contributed by atoms with Crippen LogP contribution in [-0.2, 0) is 6.54 Å². The minimum atomic E-state index is 0.596. The van der Waals surface area contributed by atoms with Crippen molar-refractivity contribution in [3.8, 4) is 0 Å². The lowest BCUT2D eigenvalue weighted by molar-refractivity contribution is 0.111. The molecule has 0 aliphatic rings. The molecule has 0 saturated carbocycles. The topological polar surface area (TPSA) is 34.9 Å². The van der Waals surface area contributed by atoms with E-state index in [9.17, 15) is 4.79 Å². The predicted octanol–water partition coefficient (Wildman–Crippen LogP) is 2.46. The summed E-state index contributed by atoms with van der Waals surface area (Å²) in [6.45, 7) is 0.596. The van der Waals surface area contributed by atoms with Gasteiger partial charge in [0.2, 0.25) is 0 Å². The fourth-order valence-electron chi connectivity index (χ4n) is 1.19. The van der Waals surface area contributed by atoms with Crippen molar-refractivity contribution in [3.05, 3.63) is 39.6 Å². The summed E-state index contributed by atoms with van der Waals surface area (Å²) in [4.78, 5) is 14.7. The molecule has 0 aliphatic carbocycles. The maximum atomic E-state index is 10.6. The quantitative estimate of drug-likeness (QED) is 0.754. The van der Waals surface area contributed by atoms with Crippen LogP contribution in [0.3, 0.4) is 0 Å². The van der Waals surface area contributed by atoms with Crippen molar-refractivity contribution in [2.45, 2.75) is 6.54 Å². The van der Waals surface area contributed by atoms with Crippen LogP contribution in [0.1, 0.15) is 15.5 Å². The van der Waals surface area contributed by atoms with Crippen LogP contribution in [0.4, 0.5) is 0 Å². The van der Waals surface area contributed by atoms with Crippen LogP contribution in [-0.4, -0.2) is 15.8 Å². The van der Waals surface area contributed by atoms with Gasteiger partial charge in [0.15, 0.2) is 6.29 Å². The largest absolute Gasteiger partial charge is 0.338 e. The third-order valence-electron chi connectivity index (χ3n) is 1.82. The lowest BCUT2D eigenvalue weighted by Crippen LogP contribution is -2.01. The van der Waals surface area contributed by atoms with Gasteiger partial charge in [-0.3, -0.25) is 4.79 Å². The van der Waals surface area contributed by atoms with Gasteiger partial charge < -0.3 is 4.57 Å². The molecule has 0 radical (unpaired) electrons. The highest BCUT2D eigenvalue weighted by Crippen LogP contribution is 2.19. The van der Waals surface area contributed by atoms with E-state index < -0.39 is 0 Å². The van der Waals surface area contributed by atoms with Gasteiger partial charge in [0.25, 0.3) is 0 Å². The molecular weight excluding hydrogens is 220 g/mol. The molecule has 0 unspecified atom stereocenters. The van der Waals surface area contributed by atoms with Gasteiger partial charge in [-0.2, -0.15) is 0 Å². The Morgan fingerprint density at radius 1 is 1.64 bits per heavy atom. The standard InChI is InChI=1S/C9H7ClN2OS/c10-8-4-11-9(14-8)5-12-3-1-2-7(12)6-13/h1-4,6H,5H2. The van der Waals surface area contributed by atoms with E-state index in [2.05, 4.69) is 4.98 Å². The molecule has 0 amide bonds. The number of halogens is 1. The summed E-state index contributed by atoms with van der Waals surface area (Å²) < 4.78 is 2.50. The number of aldehydes is 1. The molecule has 0 aliphatic heterocycles. The summed E-state index contributed by atoms with van der Waals surface area (Å²) >= 11 is 7.17. The van der Waals surface area contributed by atoms with Gasteiger partial charge in [-0.05, 0) is 12.1 Å². The third kappa shape index (κ3) is 1.86. The van der Waals surface area contributed by atoms with Gasteiger partial charge >= 0.3 is 0 Å². The summed E-state index contributed by atoms with van der Waals surface area (Å²) in [5.74, 6) is 0. The molecule has 0 aromatic carbocycles. The second-order valence-corrected chi connectivity index (χ2v) is 4.48. The Morgan fingerprint density at radius 3 is 3.14 bits per heavy atom. The van der Waals surface area contributed by atoms with Crippen LogP contribution in [0, 0.1) is 0 Å². The third-order valence-corrected chi connectivity index (χ3v) is 2.92. The molecule has 0 spiro atoms. The average molecular weight is 227 g/mol. The van der Waals surface area contributed by atoms with Gasteiger partial charge in [-0.1, -0.05) is 11.6 Å². The summed E-state index contributed by atoms with van der Waals surface area (Å²) in [6, 6.07) is 3.60. The molecule has 2 heterocycles. The first-order chi connectivity index (χ1) is 6.79. The first-order valence-electron chi connectivity index (χ1n) is 4.00. The summed E-state index contributed by atoms with van der Waals surface area (Å²) in [5.41, 5.74) is 0.649. The second-order valence-electron chi connectivity index (χ2n) is 2.74. The van der Waals surface area contributed by atoms with Gasteiger partial charge in [0, 0.05) is 6.20 Å². The van der Waals surface area contributed by atoms with E-state index in [0.717, 1.165) is 11.3 Å². The first-order valence-corrected chi connectivity index (χ1v) is 5.19. The zero-order chi connectivity index (χ0) is 9.97. The molecule has 0 atom stereocenters. The van der Waals surface area contributed by atoms with E-state index in [1.807, 2.05) is 16.8 Å². The van der Waals surface area contributed by atoms with E-state index in [4.69, 9.17) is 11.6 Å². The van der Waals surface area contributed by atoms with E-state index in [-0.39, 0.29) is 0 Å². The van der Waals surface area contributed by atoms with Crippen molar-refractivity contribution in [2.24, 2.45) is 0 Å². The molecule has 5 heteroatoms.